The fourth-order valence-electron chi connectivity index (χ4n) is 3.86. The molecule has 2 heterocycles. The Morgan fingerprint density at radius 1 is 1.03 bits per heavy atom. The van der Waals surface area contributed by atoms with Crippen LogP contribution in [-0.2, 0) is 11.2 Å². The molecule has 0 bridgehead atoms. The van der Waals surface area contributed by atoms with Crippen molar-refractivity contribution in [1.29, 1.82) is 0 Å². The van der Waals surface area contributed by atoms with Gasteiger partial charge in [0.25, 0.3) is 0 Å². The number of halogens is 3. The van der Waals surface area contributed by atoms with Gasteiger partial charge in [0.2, 0.25) is 0 Å². The van der Waals surface area contributed by atoms with Gasteiger partial charge in [-0.2, -0.15) is 0 Å². The maximum atomic E-state index is 13.6. The lowest BCUT2D eigenvalue weighted by atomic mass is 10.1. The summed E-state index contributed by atoms with van der Waals surface area (Å²) in [4.78, 5) is 8.45. The predicted octanol–water partition coefficient (Wildman–Crippen LogP) is 7.83. The number of nitrogens with zero attached hydrogens (tertiary/aromatic N) is 2. The van der Waals surface area contributed by atoms with Crippen molar-refractivity contribution in [2.24, 2.45) is 0 Å². The lowest BCUT2D eigenvalue weighted by Crippen LogP contribution is -2.04. The van der Waals surface area contributed by atoms with Gasteiger partial charge in [0.1, 0.15) is 12.0 Å². The van der Waals surface area contributed by atoms with Crippen molar-refractivity contribution >= 4 is 0 Å². The molecule has 3 rings (SSSR count). The van der Waals surface area contributed by atoms with Crippen molar-refractivity contribution in [1.82, 2.24) is 9.97 Å². The Kier molecular flexibility index (Phi) is 13.1. The summed E-state index contributed by atoms with van der Waals surface area (Å²) in [7, 11) is 0. The molecule has 3 nitrogen and oxygen atoms in total. The van der Waals surface area contributed by atoms with Crippen molar-refractivity contribution in [3.63, 3.8) is 0 Å². The minimum absolute atomic E-state index is 0.219. The summed E-state index contributed by atoms with van der Waals surface area (Å²) in [5.74, 6) is 0.0914. The van der Waals surface area contributed by atoms with E-state index in [9.17, 15) is 13.2 Å². The largest absolute Gasteiger partial charge is 0.375 e. The third-order valence-electron chi connectivity index (χ3n) is 5.80. The first-order valence-electron chi connectivity index (χ1n) is 12.4. The maximum Gasteiger partial charge on any atom is 0.162 e. The molecule has 1 aromatic carbocycles. The molecule has 3 atom stereocenters. The summed E-state index contributed by atoms with van der Waals surface area (Å²) in [6, 6.07) is 6.48. The highest BCUT2D eigenvalue weighted by Crippen LogP contribution is 2.21. The zero-order valence-corrected chi connectivity index (χ0v) is 20.1. The maximum absolute atomic E-state index is 13.6. The zero-order valence-electron chi connectivity index (χ0n) is 20.1. The van der Waals surface area contributed by atoms with Crippen molar-refractivity contribution in [3.05, 3.63) is 48.0 Å². The minimum atomic E-state index is -0.714. The molecule has 0 saturated carbocycles. The normalized spacial score (nSPS) is 18.6. The van der Waals surface area contributed by atoms with Gasteiger partial charge in [0.05, 0.1) is 24.4 Å². The summed E-state index contributed by atoms with van der Waals surface area (Å²) in [6.07, 6.45) is 13.4. The van der Waals surface area contributed by atoms with Gasteiger partial charge in [-0.1, -0.05) is 57.6 Å². The Morgan fingerprint density at radius 3 is 2.39 bits per heavy atom. The van der Waals surface area contributed by atoms with Crippen molar-refractivity contribution in [2.75, 3.05) is 6.61 Å². The molecule has 184 valence electrons. The number of aromatic nitrogens is 2. The standard InChI is InChI=1S/C17H20F2N2.C10H19FO/c1-13(18)7-3-2-4-8-14-11-20-17(21-12-14)15-9-5-6-10-16(15)19;1-2-3-4-5-6-10-7-9(11)8-12-10/h5-6,9-13H,2-4,7-8H2,1H3;9-10H,2-8H2,1H3. The number of unbranched alkanes of at least 4 members (excludes halogenated alkanes) is 5. The van der Waals surface area contributed by atoms with Crippen molar-refractivity contribution < 1.29 is 17.9 Å². The van der Waals surface area contributed by atoms with Gasteiger partial charge in [0.15, 0.2) is 5.82 Å². The zero-order chi connectivity index (χ0) is 23.9. The molecule has 2 aromatic rings. The topological polar surface area (TPSA) is 35.0 Å². The Morgan fingerprint density at radius 2 is 1.76 bits per heavy atom. The molecule has 0 N–H and O–H groups in total. The summed E-state index contributed by atoms with van der Waals surface area (Å²) < 4.78 is 44.2. The summed E-state index contributed by atoms with van der Waals surface area (Å²) in [5, 5.41) is 0. The monoisotopic (exact) mass is 464 g/mol. The molecule has 33 heavy (non-hydrogen) atoms. The van der Waals surface area contributed by atoms with E-state index in [-0.39, 0.29) is 11.9 Å². The van der Waals surface area contributed by atoms with E-state index in [1.54, 1.807) is 37.5 Å². The predicted molar refractivity (Wildman–Crippen MR) is 128 cm³/mol. The van der Waals surface area contributed by atoms with Crippen molar-refractivity contribution in [3.8, 4) is 11.4 Å². The second-order valence-electron chi connectivity index (χ2n) is 8.91. The van der Waals surface area contributed by atoms with Crippen LogP contribution in [-0.4, -0.2) is 35.0 Å². The Bertz CT molecular complexity index is 770. The van der Waals surface area contributed by atoms with Gasteiger partial charge in [-0.3, -0.25) is 0 Å². The number of aryl methyl sites for hydroxylation is 1. The lowest BCUT2D eigenvalue weighted by Gasteiger charge is -2.07. The van der Waals surface area contributed by atoms with E-state index in [4.69, 9.17) is 4.74 Å². The second-order valence-corrected chi connectivity index (χ2v) is 8.91. The molecule has 0 amide bonds. The average Bonchev–Trinajstić information content (AvgIpc) is 3.23. The van der Waals surface area contributed by atoms with E-state index in [0.29, 0.717) is 30.8 Å². The first-order chi connectivity index (χ1) is 16.0. The number of ether oxygens (including phenoxy) is 1. The van der Waals surface area contributed by atoms with Crippen LogP contribution in [0.25, 0.3) is 11.4 Å². The van der Waals surface area contributed by atoms with Gasteiger partial charge in [-0.25, -0.2) is 23.1 Å². The third-order valence-corrected chi connectivity index (χ3v) is 5.80. The first-order valence-corrected chi connectivity index (χ1v) is 12.4. The molecule has 1 aliphatic heterocycles. The van der Waals surface area contributed by atoms with Crippen LogP contribution in [0.15, 0.2) is 36.7 Å². The van der Waals surface area contributed by atoms with Crippen LogP contribution in [0.4, 0.5) is 13.2 Å². The number of benzene rings is 1. The van der Waals surface area contributed by atoms with Gasteiger partial charge < -0.3 is 4.74 Å². The van der Waals surface area contributed by atoms with Crippen LogP contribution in [0, 0.1) is 5.82 Å². The van der Waals surface area contributed by atoms with Gasteiger partial charge >= 0.3 is 0 Å². The van der Waals surface area contributed by atoms with E-state index < -0.39 is 12.3 Å². The first kappa shape index (κ1) is 27.3. The average molecular weight is 465 g/mol. The molecule has 0 aliphatic carbocycles. The Hall–Kier alpha value is -1.95. The molecule has 3 unspecified atom stereocenters. The molecular weight excluding hydrogens is 425 g/mol. The summed E-state index contributed by atoms with van der Waals surface area (Å²) in [6.45, 7) is 4.12. The van der Waals surface area contributed by atoms with E-state index in [2.05, 4.69) is 16.9 Å². The van der Waals surface area contributed by atoms with E-state index in [1.165, 1.54) is 31.7 Å². The van der Waals surface area contributed by atoms with Crippen molar-refractivity contribution in [2.45, 2.75) is 103 Å². The molecule has 1 fully saturated rings. The number of hydrogen-bond donors (Lipinski definition) is 0. The van der Waals surface area contributed by atoms with E-state index in [0.717, 1.165) is 37.7 Å². The third kappa shape index (κ3) is 11.1. The van der Waals surface area contributed by atoms with Crippen LogP contribution in [0.5, 0.6) is 0 Å². The molecular formula is C27H39F3N2O. The van der Waals surface area contributed by atoms with Crippen LogP contribution in [0.1, 0.15) is 83.6 Å². The number of hydrogen-bond acceptors (Lipinski definition) is 3. The minimum Gasteiger partial charge on any atom is -0.375 e. The number of alkyl halides is 2. The smallest absolute Gasteiger partial charge is 0.162 e. The van der Waals surface area contributed by atoms with Crippen LogP contribution in [0.3, 0.4) is 0 Å². The molecule has 0 spiro atoms. The number of rotatable bonds is 12. The fraction of sp³-hybridized carbons (Fsp3) is 0.630. The highest BCUT2D eigenvalue weighted by Gasteiger charge is 2.24. The van der Waals surface area contributed by atoms with Gasteiger partial charge in [-0.15, -0.1) is 0 Å². The van der Waals surface area contributed by atoms with Crippen LogP contribution in [0.2, 0.25) is 0 Å². The van der Waals surface area contributed by atoms with Crippen LogP contribution >= 0.6 is 0 Å². The Labute approximate surface area is 197 Å². The molecule has 6 heteroatoms. The van der Waals surface area contributed by atoms with E-state index >= 15 is 0 Å². The molecule has 1 saturated heterocycles. The highest BCUT2D eigenvalue weighted by molar-refractivity contribution is 5.55. The fourth-order valence-corrected chi connectivity index (χ4v) is 3.86. The Balaban J connectivity index is 0.000000273. The molecule has 1 aromatic heterocycles. The van der Waals surface area contributed by atoms with Crippen LogP contribution < -0.4 is 0 Å². The SMILES string of the molecule is CC(F)CCCCCc1cnc(-c2ccccc2F)nc1.CCCCCCC1CC(F)CO1. The molecule has 0 radical (unpaired) electrons. The quantitative estimate of drug-likeness (QED) is 0.300. The molecule has 1 aliphatic rings. The highest BCUT2D eigenvalue weighted by atomic mass is 19.1. The second kappa shape index (κ2) is 15.8. The van der Waals surface area contributed by atoms with E-state index in [1.807, 2.05) is 0 Å². The summed E-state index contributed by atoms with van der Waals surface area (Å²) in [5.41, 5.74) is 1.45. The van der Waals surface area contributed by atoms with Gasteiger partial charge in [-0.05, 0) is 50.3 Å². The lowest BCUT2D eigenvalue weighted by molar-refractivity contribution is 0.0950. The van der Waals surface area contributed by atoms with Gasteiger partial charge in [0, 0.05) is 18.8 Å². The summed E-state index contributed by atoms with van der Waals surface area (Å²) >= 11 is 0.